The van der Waals surface area contributed by atoms with Gasteiger partial charge in [-0.05, 0) is 55.2 Å². The van der Waals surface area contributed by atoms with E-state index in [2.05, 4.69) is 5.32 Å². The molecule has 29 heavy (non-hydrogen) atoms. The monoisotopic (exact) mass is 474 g/mol. The van der Waals surface area contributed by atoms with E-state index in [4.69, 9.17) is 34.8 Å². The van der Waals surface area contributed by atoms with Crippen LogP contribution in [0.5, 0.6) is 0 Å². The smallest absolute Gasteiger partial charge is 0.228 e. The predicted octanol–water partition coefficient (Wildman–Crippen LogP) is 5.14. The fourth-order valence-electron chi connectivity index (χ4n) is 3.26. The van der Waals surface area contributed by atoms with Gasteiger partial charge in [0.25, 0.3) is 0 Å². The standard InChI is InChI=1S/C20H21Cl3N2O3S/c1-13-4-6-16(10-18(13)22)24-20(26)15-3-2-8-25(11-15)29(27,28)12-14-5-7-17(21)19(23)9-14/h4-7,9-10,15H,2-3,8,11-12H2,1H3,(H,24,26)/t15-/m1/s1. The second-order valence-electron chi connectivity index (χ2n) is 7.16. The summed E-state index contributed by atoms with van der Waals surface area (Å²) in [5.41, 5.74) is 2.07. The van der Waals surface area contributed by atoms with Crippen molar-refractivity contribution in [3.05, 3.63) is 62.6 Å². The van der Waals surface area contributed by atoms with E-state index in [1.54, 1.807) is 30.3 Å². The van der Waals surface area contributed by atoms with Crippen molar-refractivity contribution in [2.24, 2.45) is 5.92 Å². The minimum Gasteiger partial charge on any atom is -0.326 e. The third-order valence-corrected chi connectivity index (χ3v) is 7.88. The van der Waals surface area contributed by atoms with Gasteiger partial charge in [0.1, 0.15) is 0 Å². The summed E-state index contributed by atoms with van der Waals surface area (Å²) in [5, 5.41) is 4.09. The Hall–Kier alpha value is -1.31. The molecule has 2 aromatic carbocycles. The van der Waals surface area contributed by atoms with Gasteiger partial charge in [-0.15, -0.1) is 0 Å². The first-order chi connectivity index (χ1) is 13.7. The molecule has 156 valence electrons. The van der Waals surface area contributed by atoms with E-state index in [0.29, 0.717) is 45.7 Å². The molecule has 1 fully saturated rings. The number of halogens is 3. The van der Waals surface area contributed by atoms with Gasteiger partial charge in [0, 0.05) is 23.8 Å². The molecule has 0 unspecified atom stereocenters. The number of amides is 1. The molecule has 1 N–H and O–H groups in total. The first kappa shape index (κ1) is 22.4. The molecule has 2 aromatic rings. The molecular formula is C20H21Cl3N2O3S. The Labute approximate surface area is 186 Å². The molecule has 1 aliphatic heterocycles. The van der Waals surface area contributed by atoms with E-state index < -0.39 is 15.9 Å². The van der Waals surface area contributed by atoms with Crippen LogP contribution in [0.4, 0.5) is 5.69 Å². The van der Waals surface area contributed by atoms with Gasteiger partial charge in [-0.3, -0.25) is 4.79 Å². The average molecular weight is 476 g/mol. The number of sulfonamides is 1. The van der Waals surface area contributed by atoms with Crippen molar-refractivity contribution in [2.45, 2.75) is 25.5 Å². The van der Waals surface area contributed by atoms with E-state index >= 15 is 0 Å². The Morgan fingerprint density at radius 2 is 1.86 bits per heavy atom. The van der Waals surface area contributed by atoms with Crippen LogP contribution in [0.2, 0.25) is 15.1 Å². The van der Waals surface area contributed by atoms with Crippen molar-refractivity contribution in [1.29, 1.82) is 0 Å². The molecule has 0 spiro atoms. The van der Waals surface area contributed by atoms with Crippen LogP contribution < -0.4 is 5.32 Å². The van der Waals surface area contributed by atoms with Crippen molar-refractivity contribution >= 4 is 56.4 Å². The number of carbonyl (C=O) groups excluding carboxylic acids is 1. The largest absolute Gasteiger partial charge is 0.326 e. The van der Waals surface area contributed by atoms with Gasteiger partial charge in [0.15, 0.2) is 0 Å². The van der Waals surface area contributed by atoms with Crippen LogP contribution in [0, 0.1) is 12.8 Å². The Morgan fingerprint density at radius 3 is 2.55 bits per heavy atom. The SMILES string of the molecule is Cc1ccc(NC(=O)[C@@H]2CCCN(S(=O)(=O)Cc3ccc(Cl)c(Cl)c3)C2)cc1Cl. The zero-order chi connectivity index (χ0) is 21.2. The molecular weight excluding hydrogens is 455 g/mol. The maximum absolute atomic E-state index is 12.9. The Balaban J connectivity index is 1.67. The Morgan fingerprint density at radius 1 is 1.10 bits per heavy atom. The highest BCUT2D eigenvalue weighted by atomic mass is 35.5. The number of benzene rings is 2. The summed E-state index contributed by atoms with van der Waals surface area (Å²) in [6.07, 6.45) is 1.25. The van der Waals surface area contributed by atoms with Crippen molar-refractivity contribution in [1.82, 2.24) is 4.31 Å². The fraction of sp³-hybridized carbons (Fsp3) is 0.350. The second-order valence-corrected chi connectivity index (χ2v) is 10.3. The maximum Gasteiger partial charge on any atom is 0.228 e. The minimum absolute atomic E-state index is 0.148. The molecule has 5 nitrogen and oxygen atoms in total. The van der Waals surface area contributed by atoms with Gasteiger partial charge >= 0.3 is 0 Å². The molecule has 0 bridgehead atoms. The van der Waals surface area contributed by atoms with Gasteiger partial charge in [-0.1, -0.05) is 46.9 Å². The van der Waals surface area contributed by atoms with E-state index in [-0.39, 0.29) is 18.2 Å². The van der Waals surface area contributed by atoms with E-state index in [0.717, 1.165) is 5.56 Å². The summed E-state index contributed by atoms with van der Waals surface area (Å²) in [7, 11) is -3.59. The van der Waals surface area contributed by atoms with Crippen LogP contribution in [0.25, 0.3) is 0 Å². The molecule has 3 rings (SSSR count). The highest BCUT2D eigenvalue weighted by molar-refractivity contribution is 7.88. The highest BCUT2D eigenvalue weighted by Crippen LogP contribution is 2.27. The van der Waals surface area contributed by atoms with E-state index in [1.165, 1.54) is 4.31 Å². The predicted molar refractivity (Wildman–Crippen MR) is 118 cm³/mol. The molecule has 1 saturated heterocycles. The number of anilines is 1. The molecule has 1 amide bonds. The number of piperidine rings is 1. The number of carbonyl (C=O) groups is 1. The number of hydrogen-bond acceptors (Lipinski definition) is 3. The van der Waals surface area contributed by atoms with Crippen molar-refractivity contribution in [3.8, 4) is 0 Å². The molecule has 0 radical (unpaired) electrons. The van der Waals surface area contributed by atoms with Crippen LogP contribution in [0.15, 0.2) is 36.4 Å². The Kier molecular flexibility index (Phi) is 7.12. The van der Waals surface area contributed by atoms with Crippen molar-refractivity contribution in [2.75, 3.05) is 18.4 Å². The molecule has 1 aliphatic rings. The lowest BCUT2D eigenvalue weighted by Crippen LogP contribution is -2.44. The van der Waals surface area contributed by atoms with Gasteiger partial charge in [-0.2, -0.15) is 0 Å². The van der Waals surface area contributed by atoms with Gasteiger partial charge < -0.3 is 5.32 Å². The fourth-order valence-corrected chi connectivity index (χ4v) is 5.35. The first-order valence-electron chi connectivity index (χ1n) is 9.14. The molecule has 1 heterocycles. The topological polar surface area (TPSA) is 66.5 Å². The summed E-state index contributed by atoms with van der Waals surface area (Å²) < 4.78 is 27.1. The zero-order valence-electron chi connectivity index (χ0n) is 15.8. The van der Waals surface area contributed by atoms with E-state index in [1.807, 2.05) is 13.0 Å². The van der Waals surface area contributed by atoms with Crippen LogP contribution in [-0.2, 0) is 20.6 Å². The lowest BCUT2D eigenvalue weighted by atomic mass is 9.98. The van der Waals surface area contributed by atoms with Crippen molar-refractivity contribution < 1.29 is 13.2 Å². The van der Waals surface area contributed by atoms with Gasteiger partial charge in [0.05, 0.1) is 21.7 Å². The quantitative estimate of drug-likeness (QED) is 0.651. The lowest BCUT2D eigenvalue weighted by Gasteiger charge is -2.31. The minimum atomic E-state index is -3.59. The first-order valence-corrected chi connectivity index (χ1v) is 11.9. The summed E-state index contributed by atoms with van der Waals surface area (Å²) >= 11 is 18.0. The van der Waals surface area contributed by atoms with Crippen LogP contribution >= 0.6 is 34.8 Å². The highest BCUT2D eigenvalue weighted by Gasteiger charge is 2.32. The summed E-state index contributed by atoms with van der Waals surface area (Å²) in [6.45, 7) is 2.42. The molecule has 0 aromatic heterocycles. The molecule has 9 heteroatoms. The van der Waals surface area contributed by atoms with Gasteiger partial charge in [-0.25, -0.2) is 12.7 Å². The number of nitrogens with zero attached hydrogens (tertiary/aromatic N) is 1. The second kappa shape index (κ2) is 9.23. The summed E-state index contributed by atoms with van der Waals surface area (Å²) in [4.78, 5) is 12.7. The van der Waals surface area contributed by atoms with Crippen molar-refractivity contribution in [3.63, 3.8) is 0 Å². The maximum atomic E-state index is 12.9. The Bertz CT molecular complexity index is 1030. The number of rotatable bonds is 5. The average Bonchev–Trinajstić information content (AvgIpc) is 2.67. The molecule has 0 aliphatic carbocycles. The molecule has 0 saturated carbocycles. The third kappa shape index (κ3) is 5.64. The van der Waals surface area contributed by atoms with Crippen LogP contribution in [0.1, 0.15) is 24.0 Å². The molecule has 1 atom stereocenters. The summed E-state index contributed by atoms with van der Waals surface area (Å²) in [5.74, 6) is -0.821. The number of hydrogen-bond donors (Lipinski definition) is 1. The number of aryl methyl sites for hydroxylation is 1. The van der Waals surface area contributed by atoms with Crippen LogP contribution in [-0.4, -0.2) is 31.7 Å². The normalized spacial score (nSPS) is 17.9. The van der Waals surface area contributed by atoms with Crippen LogP contribution in [0.3, 0.4) is 0 Å². The van der Waals surface area contributed by atoms with E-state index in [9.17, 15) is 13.2 Å². The zero-order valence-corrected chi connectivity index (χ0v) is 18.9. The summed E-state index contributed by atoms with van der Waals surface area (Å²) in [6, 6.07) is 10.1. The number of nitrogens with one attached hydrogen (secondary N) is 1. The third-order valence-electron chi connectivity index (χ3n) is 4.92. The van der Waals surface area contributed by atoms with Gasteiger partial charge in [0.2, 0.25) is 15.9 Å². The lowest BCUT2D eigenvalue weighted by molar-refractivity contribution is -0.120.